The van der Waals surface area contributed by atoms with Gasteiger partial charge in [0.1, 0.15) is 5.82 Å². The number of aryl methyl sites for hydroxylation is 1. The molecule has 3 heterocycles. The lowest BCUT2D eigenvalue weighted by Gasteiger charge is -2.35. The van der Waals surface area contributed by atoms with E-state index in [4.69, 9.17) is 9.51 Å². The maximum absolute atomic E-state index is 12.5. The van der Waals surface area contributed by atoms with Gasteiger partial charge in [-0.25, -0.2) is 9.78 Å². The highest BCUT2D eigenvalue weighted by Crippen LogP contribution is 2.22. The molecular weight excluding hydrogens is 354 g/mol. The second kappa shape index (κ2) is 7.72. The quantitative estimate of drug-likeness (QED) is 0.753. The van der Waals surface area contributed by atoms with E-state index in [2.05, 4.69) is 27.5 Å². The Morgan fingerprint density at radius 3 is 2.43 bits per heavy atom. The number of nitrogens with one attached hydrogen (secondary N) is 1. The normalized spacial score (nSPS) is 14.2. The molecule has 28 heavy (non-hydrogen) atoms. The van der Waals surface area contributed by atoms with Crippen molar-refractivity contribution in [1.29, 1.82) is 0 Å². The third-order valence-electron chi connectivity index (χ3n) is 5.07. The Hall–Kier alpha value is -3.35. The van der Waals surface area contributed by atoms with Gasteiger partial charge in [-0.2, -0.15) is 0 Å². The van der Waals surface area contributed by atoms with Crippen molar-refractivity contribution < 1.29 is 9.32 Å². The molecule has 2 aromatic heterocycles. The molecule has 7 nitrogen and oxygen atoms in total. The van der Waals surface area contributed by atoms with Gasteiger partial charge in [0.2, 0.25) is 5.88 Å². The van der Waals surface area contributed by atoms with E-state index in [9.17, 15) is 4.79 Å². The minimum absolute atomic E-state index is 0.162. The summed E-state index contributed by atoms with van der Waals surface area (Å²) < 4.78 is 5.17. The standard InChI is InChI=1S/C21H23N5O2/c1-15-16(2)24-28-20(15)23-21(27)26-13-11-25(12-14-26)19-10-6-9-18(22-19)17-7-4-3-5-8-17/h3-10H,11-14H2,1-2H3,(H,23,27). The summed E-state index contributed by atoms with van der Waals surface area (Å²) in [6, 6.07) is 16.0. The second-order valence-electron chi connectivity index (χ2n) is 6.87. The Morgan fingerprint density at radius 1 is 1.00 bits per heavy atom. The highest BCUT2D eigenvalue weighted by atomic mass is 16.5. The number of urea groups is 1. The summed E-state index contributed by atoms with van der Waals surface area (Å²) in [5, 5.41) is 6.68. The third-order valence-corrected chi connectivity index (χ3v) is 5.07. The number of aromatic nitrogens is 2. The summed E-state index contributed by atoms with van der Waals surface area (Å²) in [5.41, 5.74) is 3.69. The largest absolute Gasteiger partial charge is 0.353 e. The molecule has 144 valence electrons. The molecule has 1 saturated heterocycles. The molecule has 1 aromatic carbocycles. The zero-order valence-corrected chi connectivity index (χ0v) is 16.1. The first kappa shape index (κ1) is 18.0. The van der Waals surface area contributed by atoms with Gasteiger partial charge >= 0.3 is 6.03 Å². The number of carbonyl (C=O) groups excluding carboxylic acids is 1. The number of rotatable bonds is 3. The smallest absolute Gasteiger partial charge is 0.324 e. The van der Waals surface area contributed by atoms with E-state index in [-0.39, 0.29) is 6.03 Å². The van der Waals surface area contributed by atoms with Crippen LogP contribution in [-0.4, -0.2) is 47.3 Å². The van der Waals surface area contributed by atoms with Gasteiger partial charge in [0.25, 0.3) is 0 Å². The molecule has 0 aliphatic carbocycles. The summed E-state index contributed by atoms with van der Waals surface area (Å²) in [6.45, 7) is 6.43. The topological polar surface area (TPSA) is 74.5 Å². The van der Waals surface area contributed by atoms with Crippen LogP contribution >= 0.6 is 0 Å². The molecule has 4 rings (SSSR count). The van der Waals surface area contributed by atoms with E-state index in [1.54, 1.807) is 4.90 Å². The summed E-state index contributed by atoms with van der Waals surface area (Å²) in [5.74, 6) is 1.35. The predicted molar refractivity (Wildman–Crippen MR) is 108 cm³/mol. The monoisotopic (exact) mass is 377 g/mol. The van der Waals surface area contributed by atoms with E-state index >= 15 is 0 Å². The lowest BCUT2D eigenvalue weighted by molar-refractivity contribution is 0.207. The van der Waals surface area contributed by atoms with Crippen molar-refractivity contribution in [3.8, 4) is 11.3 Å². The van der Waals surface area contributed by atoms with Crippen molar-refractivity contribution in [3.63, 3.8) is 0 Å². The Balaban J connectivity index is 1.39. The number of hydrogen-bond acceptors (Lipinski definition) is 5. The van der Waals surface area contributed by atoms with E-state index in [0.717, 1.165) is 41.4 Å². The van der Waals surface area contributed by atoms with E-state index in [0.29, 0.717) is 19.0 Å². The highest BCUT2D eigenvalue weighted by molar-refractivity contribution is 5.88. The van der Waals surface area contributed by atoms with E-state index in [1.807, 2.05) is 50.2 Å². The van der Waals surface area contributed by atoms with Crippen LogP contribution in [0.15, 0.2) is 53.1 Å². The predicted octanol–water partition coefficient (Wildman–Crippen LogP) is 3.71. The van der Waals surface area contributed by atoms with Gasteiger partial charge in [-0.05, 0) is 26.0 Å². The van der Waals surface area contributed by atoms with Crippen molar-refractivity contribution in [2.45, 2.75) is 13.8 Å². The molecule has 0 saturated carbocycles. The number of nitrogens with zero attached hydrogens (tertiary/aromatic N) is 4. The van der Waals surface area contributed by atoms with Crippen LogP contribution in [0.2, 0.25) is 0 Å². The molecule has 0 radical (unpaired) electrons. The first-order valence-electron chi connectivity index (χ1n) is 9.38. The lowest BCUT2D eigenvalue weighted by atomic mass is 10.1. The molecule has 0 atom stereocenters. The van der Waals surface area contributed by atoms with Crippen molar-refractivity contribution >= 4 is 17.7 Å². The fourth-order valence-corrected chi connectivity index (χ4v) is 3.22. The molecule has 1 aliphatic heterocycles. The molecule has 0 unspecified atom stereocenters. The Bertz CT molecular complexity index is 962. The maximum Gasteiger partial charge on any atom is 0.324 e. The summed E-state index contributed by atoms with van der Waals surface area (Å²) >= 11 is 0. The van der Waals surface area contributed by atoms with Crippen LogP contribution in [0.5, 0.6) is 0 Å². The molecule has 0 bridgehead atoms. The molecule has 3 aromatic rings. The summed E-state index contributed by atoms with van der Waals surface area (Å²) in [6.07, 6.45) is 0. The average molecular weight is 377 g/mol. The summed E-state index contributed by atoms with van der Waals surface area (Å²) in [4.78, 5) is 21.3. The Labute approximate surface area is 164 Å². The molecule has 1 N–H and O–H groups in total. The fraction of sp³-hybridized carbons (Fsp3) is 0.286. The molecular formula is C21H23N5O2. The number of amides is 2. The number of anilines is 2. The molecule has 7 heteroatoms. The number of benzene rings is 1. The van der Waals surface area contributed by atoms with Gasteiger partial charge in [0, 0.05) is 37.3 Å². The zero-order valence-electron chi connectivity index (χ0n) is 16.1. The second-order valence-corrected chi connectivity index (χ2v) is 6.87. The molecule has 1 fully saturated rings. The SMILES string of the molecule is Cc1noc(NC(=O)N2CCN(c3cccc(-c4ccccc4)n3)CC2)c1C. The van der Waals surface area contributed by atoms with Gasteiger partial charge in [-0.3, -0.25) is 5.32 Å². The number of piperazine rings is 1. The summed E-state index contributed by atoms with van der Waals surface area (Å²) in [7, 11) is 0. The number of pyridine rings is 1. The Kier molecular flexibility index (Phi) is 4.97. The van der Waals surface area contributed by atoms with Crippen molar-refractivity contribution in [2.24, 2.45) is 0 Å². The average Bonchev–Trinajstić information content (AvgIpc) is 3.06. The Morgan fingerprint density at radius 2 is 1.75 bits per heavy atom. The van der Waals surface area contributed by atoms with Crippen LogP contribution in [0.1, 0.15) is 11.3 Å². The number of carbonyl (C=O) groups is 1. The number of hydrogen-bond donors (Lipinski definition) is 1. The van der Waals surface area contributed by atoms with Gasteiger partial charge in [0.15, 0.2) is 0 Å². The van der Waals surface area contributed by atoms with Crippen LogP contribution in [-0.2, 0) is 0 Å². The minimum Gasteiger partial charge on any atom is -0.353 e. The third kappa shape index (κ3) is 3.69. The van der Waals surface area contributed by atoms with Gasteiger partial charge in [-0.15, -0.1) is 0 Å². The first-order valence-corrected chi connectivity index (χ1v) is 9.38. The van der Waals surface area contributed by atoms with Gasteiger partial charge in [-0.1, -0.05) is 41.6 Å². The zero-order chi connectivity index (χ0) is 19.5. The van der Waals surface area contributed by atoms with Crippen molar-refractivity contribution in [1.82, 2.24) is 15.0 Å². The van der Waals surface area contributed by atoms with E-state index in [1.165, 1.54) is 0 Å². The molecule has 2 amide bonds. The van der Waals surface area contributed by atoms with Crippen molar-refractivity contribution in [2.75, 3.05) is 36.4 Å². The van der Waals surface area contributed by atoms with Crippen LogP contribution in [0.25, 0.3) is 11.3 Å². The van der Waals surface area contributed by atoms with Gasteiger partial charge < -0.3 is 14.3 Å². The minimum atomic E-state index is -0.162. The van der Waals surface area contributed by atoms with Crippen molar-refractivity contribution in [3.05, 3.63) is 59.8 Å². The van der Waals surface area contributed by atoms with Crippen LogP contribution in [0.3, 0.4) is 0 Å². The molecule has 1 aliphatic rings. The first-order chi connectivity index (χ1) is 13.6. The van der Waals surface area contributed by atoms with Crippen LogP contribution in [0, 0.1) is 13.8 Å². The highest BCUT2D eigenvalue weighted by Gasteiger charge is 2.23. The van der Waals surface area contributed by atoms with Gasteiger partial charge in [0.05, 0.1) is 11.4 Å². The maximum atomic E-state index is 12.5. The van der Waals surface area contributed by atoms with E-state index < -0.39 is 0 Å². The lowest BCUT2D eigenvalue weighted by Crippen LogP contribution is -2.50. The van der Waals surface area contributed by atoms with Crippen LogP contribution in [0.4, 0.5) is 16.5 Å². The van der Waals surface area contributed by atoms with Crippen LogP contribution < -0.4 is 10.2 Å². The fourth-order valence-electron chi connectivity index (χ4n) is 3.22. The molecule has 0 spiro atoms.